The zero-order valence-corrected chi connectivity index (χ0v) is 49.6. The van der Waals surface area contributed by atoms with Crippen molar-refractivity contribution >= 4 is 82.6 Å². The van der Waals surface area contributed by atoms with Crippen LogP contribution in [0, 0.1) is 85.6 Å². The number of aryl methyl sites for hydroxylation is 9. The van der Waals surface area contributed by atoms with E-state index in [0.717, 1.165) is 29.9 Å². The molecule has 0 aliphatic carbocycles. The fraction of sp³-hybridized carbons (Fsp3) is 0.293. The van der Waals surface area contributed by atoms with Crippen LogP contribution < -0.4 is 19.4 Å². The minimum absolute atomic E-state index is 0.00360. The van der Waals surface area contributed by atoms with Crippen LogP contribution in [0.15, 0.2) is 114 Å². The van der Waals surface area contributed by atoms with Gasteiger partial charge in [0.15, 0.2) is 0 Å². The van der Waals surface area contributed by atoms with Crippen molar-refractivity contribution in [3.05, 3.63) is 199 Å². The molecule has 6 aromatic carbocycles. The summed E-state index contributed by atoms with van der Waals surface area (Å²) in [5, 5.41) is 10.7. The Bertz CT molecular complexity index is 2760. The number of hydrogen-bond donors (Lipinski definition) is 0. The number of para-hydroxylation sites is 1. The molecule has 2 fully saturated rings. The van der Waals surface area contributed by atoms with Crippen LogP contribution in [0.25, 0.3) is 0 Å². The Morgan fingerprint density at radius 1 is 0.597 bits per heavy atom. The molecule has 0 radical (unpaired) electrons. The van der Waals surface area contributed by atoms with Crippen LogP contribution in [0.1, 0.15) is 93.5 Å². The summed E-state index contributed by atoms with van der Waals surface area (Å²) in [6.45, 7) is 31.4. The van der Waals surface area contributed by atoms with Crippen LogP contribution in [0.4, 0.5) is 28.4 Å². The van der Waals surface area contributed by atoms with Gasteiger partial charge in [-0.05, 0) is 102 Å². The molecule has 0 unspecified atom stereocenters. The second-order valence-corrected chi connectivity index (χ2v) is 29.7. The first kappa shape index (κ1) is 58.6. The summed E-state index contributed by atoms with van der Waals surface area (Å²) in [6.07, 6.45) is 4.35. The number of hydrogen-bond acceptors (Lipinski definition) is 7. The first-order valence-electron chi connectivity index (χ1n) is 23.7. The van der Waals surface area contributed by atoms with Crippen LogP contribution >= 0.6 is 38.8 Å². The number of benzene rings is 6. The number of nitrogens with zero attached hydrogens (tertiary/aromatic N) is 5. The fourth-order valence-corrected chi connectivity index (χ4v) is 12.8. The fourth-order valence-electron chi connectivity index (χ4n) is 9.15. The second-order valence-electron chi connectivity index (χ2n) is 18.2. The number of aliphatic imine (C=N–C) groups is 1. The Labute approximate surface area is 455 Å². The Morgan fingerprint density at radius 3 is 1.47 bits per heavy atom. The number of nitro benzene ring substituents is 1. The van der Waals surface area contributed by atoms with Crippen molar-refractivity contribution in [2.45, 2.75) is 95.1 Å². The van der Waals surface area contributed by atoms with E-state index in [1.54, 1.807) is 10.7 Å². The first-order chi connectivity index (χ1) is 34.2. The molecule has 388 valence electrons. The summed E-state index contributed by atoms with van der Waals surface area (Å²) < 4.78 is 9.10. The number of halogens is 4. The zero-order chi connectivity index (χ0) is 52.6. The van der Waals surface area contributed by atoms with E-state index in [1.807, 2.05) is 79.3 Å². The maximum atomic E-state index is 10.7. The van der Waals surface area contributed by atoms with Crippen LogP contribution in [-0.2, 0) is 27.0 Å². The maximum absolute atomic E-state index is 10.7. The van der Waals surface area contributed by atoms with Crippen molar-refractivity contribution in [2.24, 2.45) is 4.99 Å². The molecular formula is C58H67Cl4N5O3Ru2-2. The van der Waals surface area contributed by atoms with E-state index >= 15 is 0 Å². The van der Waals surface area contributed by atoms with Crippen LogP contribution in [-0.4, -0.2) is 46.1 Å². The second kappa shape index (κ2) is 28.4. The molecule has 0 aromatic heterocycles. The molecule has 0 N–H and O–H groups in total. The van der Waals surface area contributed by atoms with E-state index in [0.29, 0.717) is 11.3 Å². The normalized spacial score (nSPS) is 13.4. The van der Waals surface area contributed by atoms with E-state index in [2.05, 4.69) is 132 Å². The van der Waals surface area contributed by atoms with E-state index in [4.69, 9.17) is 43.5 Å². The van der Waals surface area contributed by atoms with Crippen LogP contribution in [0.3, 0.4) is 0 Å². The predicted octanol–water partition coefficient (Wildman–Crippen LogP) is 16.3. The number of ether oxygens (including phenoxy) is 1. The van der Waals surface area contributed by atoms with Gasteiger partial charge in [0.05, 0.1) is 0 Å². The van der Waals surface area contributed by atoms with Gasteiger partial charge in [-0.15, -0.1) is 0 Å². The molecule has 0 bridgehead atoms. The van der Waals surface area contributed by atoms with Gasteiger partial charge < -0.3 is 14.7 Å². The third-order valence-corrected chi connectivity index (χ3v) is 15.3. The zero-order valence-electron chi connectivity index (χ0n) is 43.1. The van der Waals surface area contributed by atoms with Gasteiger partial charge in [-0.2, -0.15) is 13.1 Å². The van der Waals surface area contributed by atoms with E-state index in [-0.39, 0.29) is 11.8 Å². The van der Waals surface area contributed by atoms with Gasteiger partial charge in [0.25, 0.3) is 0 Å². The summed E-state index contributed by atoms with van der Waals surface area (Å²) >= 11 is -3.85. The molecule has 0 atom stereocenters. The van der Waals surface area contributed by atoms with Gasteiger partial charge in [-0.3, -0.25) is 0 Å². The van der Waals surface area contributed by atoms with E-state index in [9.17, 15) is 10.1 Å². The summed E-state index contributed by atoms with van der Waals surface area (Å²) in [5.74, 6) is 0.561. The Kier molecular flexibility index (Phi) is 23.1. The topological polar surface area (TPSA) is 74.5 Å². The number of anilines is 3. The van der Waals surface area contributed by atoms with Gasteiger partial charge in [0.1, 0.15) is 0 Å². The number of non-ortho nitro benzene ring substituents is 1. The summed E-state index contributed by atoms with van der Waals surface area (Å²) in [6, 6.07) is 35.8. The van der Waals surface area contributed by atoms with E-state index < -0.39 is 32.0 Å². The van der Waals surface area contributed by atoms with Crippen molar-refractivity contribution in [2.75, 3.05) is 34.3 Å². The van der Waals surface area contributed by atoms with E-state index in [1.165, 1.54) is 98.7 Å². The molecule has 14 heteroatoms. The first-order valence-corrected chi connectivity index (χ1v) is 34.7. The SMILES string of the molecule is CC(C)Oc1ccc([N+](=O)[O-])cc1[CH]=[Ru]([Cl])[Cl].Cc1cc(C)c(N2[CH-]CCC2)c(C)c1.Cc1cc(C)c(N2[CH-]N(c3c(C)cc(C)cc3C)CC2)c(C)c1.[Cl][Ru]([Cl])=[CH]c1ccccc1C=Nc1ccccc1. The molecule has 0 saturated carbocycles. The molecule has 72 heavy (non-hydrogen) atoms. The molecule has 2 saturated heterocycles. The molecular weight excluding hydrogens is 1160 g/mol. The molecule has 0 amide bonds. The Hall–Kier alpha value is -4.26. The van der Waals surface area contributed by atoms with Crippen molar-refractivity contribution in [1.82, 2.24) is 0 Å². The van der Waals surface area contributed by atoms with Gasteiger partial charge >= 0.3 is 233 Å². The standard InChI is InChI=1S/C21H27N2.C14H11N.C13H18N.C10H11NO3.4ClH.2Ru/c1-14-9-16(3)20(17(4)10-14)22-7-8-23(13-22)21-18(5)11-15(2)12-19(21)6;1-12-7-5-6-8-13(12)11-15-14-9-3-2-4-10-14;1-10-8-11(2)13(12(3)9-10)14-6-4-5-7-14;1-7(2)14-10-5-4-9(11(12)13)6-8(10)3;;;;;;/h9-13H,7-8H2,1-6H3;1-11H;6,8-9H,4-5,7H2,1-3H3;3-7H,1-2H3;4*1H;;/q-1;;-1;;;;;;2*+2/p-4. The molecule has 2 heterocycles. The molecule has 2 aliphatic heterocycles. The van der Waals surface area contributed by atoms with Crippen LogP contribution in [0.2, 0.25) is 0 Å². The van der Waals surface area contributed by atoms with Crippen molar-refractivity contribution in [1.29, 1.82) is 0 Å². The molecule has 6 aromatic rings. The number of rotatable bonds is 10. The quantitative estimate of drug-likeness (QED) is 0.0447. The van der Waals surface area contributed by atoms with Crippen molar-refractivity contribution in [3.8, 4) is 5.75 Å². The monoisotopic (exact) mass is 1230 g/mol. The summed E-state index contributed by atoms with van der Waals surface area (Å²) in [4.78, 5) is 21.9. The molecule has 8 rings (SSSR count). The predicted molar refractivity (Wildman–Crippen MR) is 305 cm³/mol. The summed E-state index contributed by atoms with van der Waals surface area (Å²) in [5.41, 5.74) is 20.0. The Morgan fingerprint density at radius 2 is 1.04 bits per heavy atom. The minimum atomic E-state index is -2.05. The van der Waals surface area contributed by atoms with Gasteiger partial charge in [-0.25, -0.2) is 6.54 Å². The third-order valence-electron chi connectivity index (χ3n) is 11.6. The van der Waals surface area contributed by atoms with Crippen LogP contribution in [0.5, 0.6) is 5.75 Å². The molecule has 0 spiro atoms. The van der Waals surface area contributed by atoms with Gasteiger partial charge in [0, 0.05) is 30.2 Å². The van der Waals surface area contributed by atoms with Gasteiger partial charge in [0.2, 0.25) is 0 Å². The molecule has 2 aliphatic rings. The summed E-state index contributed by atoms with van der Waals surface area (Å²) in [7, 11) is 23.4. The molecule has 8 nitrogen and oxygen atoms in total. The third kappa shape index (κ3) is 17.7. The number of nitro groups is 1. The van der Waals surface area contributed by atoms with Gasteiger partial charge in [-0.1, -0.05) is 59.5 Å². The van der Waals surface area contributed by atoms with Crippen molar-refractivity contribution < 1.29 is 36.7 Å². The average Bonchev–Trinajstić information content (AvgIpc) is 4.00. The Balaban J connectivity index is 0.000000181. The average molecular weight is 1230 g/mol. The van der Waals surface area contributed by atoms with Crippen molar-refractivity contribution in [3.63, 3.8) is 0 Å².